The molecule has 8 aromatic rings. The van der Waals surface area contributed by atoms with Crippen molar-refractivity contribution in [3.8, 4) is 39.1 Å². The molecule has 1 heterocycles. The molecule has 1 aliphatic carbocycles. The van der Waals surface area contributed by atoms with Crippen LogP contribution in [-0.4, -0.2) is 10.8 Å². The zero-order valence-electron chi connectivity index (χ0n) is 28.7. The van der Waals surface area contributed by atoms with Gasteiger partial charge in [0.05, 0.1) is 5.52 Å². The lowest BCUT2D eigenvalue weighted by Gasteiger charge is -2.20. The molecular formula is C48H38N2. The first-order valence-corrected chi connectivity index (χ1v) is 17.6. The Morgan fingerprint density at radius 1 is 0.540 bits per heavy atom. The first-order valence-electron chi connectivity index (χ1n) is 17.6. The summed E-state index contributed by atoms with van der Waals surface area (Å²) in [6, 6.07) is 46.9. The molecule has 0 amide bonds. The molecule has 0 spiro atoms. The topological polar surface area (TPSA) is 28.8 Å². The van der Waals surface area contributed by atoms with Crippen LogP contribution in [0.1, 0.15) is 39.9 Å². The van der Waals surface area contributed by atoms with Crippen LogP contribution < -0.4 is 0 Å². The van der Waals surface area contributed by atoms with Crippen molar-refractivity contribution in [3.63, 3.8) is 0 Å². The van der Waals surface area contributed by atoms with Gasteiger partial charge in [-0.15, -0.1) is 0 Å². The summed E-state index contributed by atoms with van der Waals surface area (Å²) in [5, 5.41) is 14.4. The van der Waals surface area contributed by atoms with Crippen LogP contribution >= 0.6 is 0 Å². The van der Waals surface area contributed by atoms with Gasteiger partial charge in [0.15, 0.2) is 0 Å². The lowest BCUT2D eigenvalue weighted by atomic mass is 9.83. The van der Waals surface area contributed by atoms with E-state index in [1.807, 2.05) is 0 Å². The zero-order chi connectivity index (χ0) is 33.9. The lowest BCUT2D eigenvalue weighted by molar-refractivity contribution is 0.888. The number of nitrogens with one attached hydrogen (secondary N) is 1. The van der Waals surface area contributed by atoms with E-state index < -0.39 is 0 Å². The van der Waals surface area contributed by atoms with E-state index >= 15 is 0 Å². The van der Waals surface area contributed by atoms with Gasteiger partial charge in [0.2, 0.25) is 0 Å². The highest BCUT2D eigenvalue weighted by atomic mass is 15.0. The van der Waals surface area contributed by atoms with Gasteiger partial charge in [-0.1, -0.05) is 109 Å². The van der Waals surface area contributed by atoms with Crippen LogP contribution in [0.15, 0.2) is 133 Å². The Morgan fingerprint density at radius 2 is 1.10 bits per heavy atom. The van der Waals surface area contributed by atoms with Crippen LogP contribution in [0.3, 0.4) is 0 Å². The molecule has 2 heteroatoms. The molecule has 50 heavy (non-hydrogen) atoms. The number of rotatable bonds is 5. The van der Waals surface area contributed by atoms with Crippen molar-refractivity contribution in [1.82, 2.24) is 4.57 Å². The molecule has 0 atom stereocenters. The highest BCUT2D eigenvalue weighted by molar-refractivity contribution is 6.22. The number of fused-ring (bicyclic) bond motifs is 5. The molecule has 1 N–H and O–H groups in total. The van der Waals surface area contributed by atoms with Crippen molar-refractivity contribution in [2.75, 3.05) is 0 Å². The smallest absolute Gasteiger partial charge is 0.0538 e. The van der Waals surface area contributed by atoms with Crippen LogP contribution in [0, 0.1) is 26.2 Å². The quantitative estimate of drug-likeness (QED) is 0.143. The van der Waals surface area contributed by atoms with E-state index in [0.29, 0.717) is 0 Å². The molecule has 0 saturated heterocycles. The summed E-state index contributed by atoms with van der Waals surface area (Å²) >= 11 is 0. The van der Waals surface area contributed by atoms with E-state index in [9.17, 15) is 0 Å². The Morgan fingerprint density at radius 3 is 1.76 bits per heavy atom. The summed E-state index contributed by atoms with van der Waals surface area (Å²) in [5.74, 6) is 0. The highest BCUT2D eigenvalue weighted by Crippen LogP contribution is 2.46. The predicted molar refractivity (Wildman–Crippen MR) is 214 cm³/mol. The van der Waals surface area contributed by atoms with Gasteiger partial charge in [0.1, 0.15) is 0 Å². The number of aryl methyl sites for hydroxylation is 3. The molecule has 2 nitrogen and oxygen atoms in total. The third kappa shape index (κ3) is 4.75. The highest BCUT2D eigenvalue weighted by Gasteiger charge is 2.21. The average molecular weight is 643 g/mol. The molecule has 9 rings (SSSR count). The van der Waals surface area contributed by atoms with Gasteiger partial charge < -0.3 is 9.98 Å². The van der Waals surface area contributed by atoms with Gasteiger partial charge in [-0.2, -0.15) is 0 Å². The van der Waals surface area contributed by atoms with Gasteiger partial charge in [-0.25, -0.2) is 0 Å². The summed E-state index contributed by atoms with van der Waals surface area (Å²) in [4.78, 5) is 0. The number of allylic oxidation sites excluding steroid dienone is 1. The number of para-hydroxylation sites is 1. The molecule has 1 aromatic heterocycles. The first kappa shape index (κ1) is 30.1. The van der Waals surface area contributed by atoms with Crippen molar-refractivity contribution in [3.05, 3.63) is 167 Å². The molecule has 7 aromatic carbocycles. The van der Waals surface area contributed by atoms with E-state index in [1.54, 1.807) is 0 Å². The molecule has 0 aliphatic heterocycles. The summed E-state index contributed by atoms with van der Waals surface area (Å²) in [6.07, 6.45) is 8.23. The van der Waals surface area contributed by atoms with E-state index in [0.717, 1.165) is 24.0 Å². The van der Waals surface area contributed by atoms with Crippen LogP contribution in [-0.2, 0) is 6.42 Å². The number of hydrogen-bond acceptors (Lipinski definition) is 1. The standard InChI is InChI=1S/C48H38N2/c1-30-24-41-42(25-31(30)2)48(43-26-32(3)37(29-49)28-44(43)47(41)34-12-6-4-7-13-34)35-20-18-33(19-21-35)36-22-23-46-40(27-36)39-16-10-11-17-45(39)50(46)38-14-8-5-9-15-38/h4-10,12-16,18-29,49H,11,17H2,1-3H3. The van der Waals surface area contributed by atoms with Crippen LogP contribution in [0.5, 0.6) is 0 Å². The van der Waals surface area contributed by atoms with E-state index in [4.69, 9.17) is 5.41 Å². The van der Waals surface area contributed by atoms with Crippen LogP contribution in [0.2, 0.25) is 0 Å². The second-order valence-electron chi connectivity index (χ2n) is 13.8. The van der Waals surface area contributed by atoms with Crippen molar-refractivity contribution in [2.45, 2.75) is 33.6 Å². The number of benzene rings is 7. The fourth-order valence-electron chi connectivity index (χ4n) is 8.14. The fraction of sp³-hybridized carbons (Fsp3) is 0.104. The number of nitrogens with zero attached hydrogens (tertiary/aromatic N) is 1. The van der Waals surface area contributed by atoms with Gasteiger partial charge in [0, 0.05) is 28.5 Å². The predicted octanol–water partition coefficient (Wildman–Crippen LogP) is 12.8. The van der Waals surface area contributed by atoms with Gasteiger partial charge >= 0.3 is 0 Å². The molecule has 0 radical (unpaired) electrons. The van der Waals surface area contributed by atoms with Crippen molar-refractivity contribution >= 4 is 44.7 Å². The van der Waals surface area contributed by atoms with Gasteiger partial charge in [-0.3, -0.25) is 0 Å². The third-order valence-electron chi connectivity index (χ3n) is 10.8. The van der Waals surface area contributed by atoms with Crippen molar-refractivity contribution < 1.29 is 0 Å². The summed E-state index contributed by atoms with van der Waals surface area (Å²) in [7, 11) is 0. The van der Waals surface area contributed by atoms with Gasteiger partial charge in [-0.05, 0) is 141 Å². The second kappa shape index (κ2) is 11.9. The molecule has 1 aliphatic rings. The number of hydrogen-bond donors (Lipinski definition) is 1. The zero-order valence-corrected chi connectivity index (χ0v) is 28.7. The lowest BCUT2D eigenvalue weighted by Crippen LogP contribution is -2.02. The SMILES string of the molecule is Cc1cc2c(-c3ccc(-c4ccc5c(c4)c4c(n5-c5ccccc5)CCC=C4)cc3)c3cc(C)c(C=N)cc3c(-c3ccccc3)c2cc1C. The van der Waals surface area contributed by atoms with Crippen LogP contribution in [0.25, 0.3) is 77.6 Å². The number of aromatic nitrogens is 1. The normalized spacial score (nSPS) is 12.5. The molecule has 0 bridgehead atoms. The molecule has 0 unspecified atom stereocenters. The first-order chi connectivity index (χ1) is 24.5. The Hall–Kier alpha value is -5.99. The fourth-order valence-corrected chi connectivity index (χ4v) is 8.14. The maximum atomic E-state index is 8.20. The van der Waals surface area contributed by atoms with E-state index in [2.05, 4.69) is 165 Å². The van der Waals surface area contributed by atoms with Crippen molar-refractivity contribution in [2.24, 2.45) is 0 Å². The maximum Gasteiger partial charge on any atom is 0.0538 e. The minimum Gasteiger partial charge on any atom is -0.313 e. The Bertz CT molecular complexity index is 2660. The van der Waals surface area contributed by atoms with Gasteiger partial charge in [0.25, 0.3) is 0 Å². The molecule has 240 valence electrons. The minimum absolute atomic E-state index is 0.952. The Kier molecular flexibility index (Phi) is 7.14. The third-order valence-corrected chi connectivity index (χ3v) is 10.8. The molecule has 0 saturated carbocycles. The summed E-state index contributed by atoms with van der Waals surface area (Å²) < 4.78 is 2.45. The Balaban J connectivity index is 1.24. The second-order valence-corrected chi connectivity index (χ2v) is 13.8. The monoisotopic (exact) mass is 642 g/mol. The van der Waals surface area contributed by atoms with E-state index in [-0.39, 0.29) is 0 Å². The van der Waals surface area contributed by atoms with Crippen LogP contribution in [0.4, 0.5) is 0 Å². The minimum atomic E-state index is 0.952. The molecular weight excluding hydrogens is 605 g/mol. The maximum absolute atomic E-state index is 8.20. The largest absolute Gasteiger partial charge is 0.313 e. The Labute approximate surface area is 293 Å². The molecule has 0 fully saturated rings. The van der Waals surface area contributed by atoms with Crippen molar-refractivity contribution in [1.29, 1.82) is 5.41 Å². The summed E-state index contributed by atoms with van der Waals surface area (Å²) in [5.41, 5.74) is 17.2. The van der Waals surface area contributed by atoms with E-state index in [1.165, 1.54) is 100 Å². The summed E-state index contributed by atoms with van der Waals surface area (Å²) in [6.45, 7) is 6.54. The average Bonchev–Trinajstić information content (AvgIpc) is 3.49.